The summed E-state index contributed by atoms with van der Waals surface area (Å²) in [4.78, 5) is 25.7. The molecular weight excluding hydrogens is 320 g/mol. The summed E-state index contributed by atoms with van der Waals surface area (Å²) in [5.74, 6) is -1.07. The molecular formula is C19H28N2O4. The minimum Gasteiger partial charge on any atom is -0.480 e. The molecule has 1 aromatic carbocycles. The van der Waals surface area contributed by atoms with Crippen LogP contribution in [0.4, 0.5) is 10.5 Å². The topological polar surface area (TPSA) is 78.9 Å². The van der Waals surface area contributed by atoms with Crippen LogP contribution >= 0.6 is 0 Å². The zero-order chi connectivity index (χ0) is 18.6. The molecule has 6 heteroatoms. The summed E-state index contributed by atoms with van der Waals surface area (Å²) in [7, 11) is 0. The summed E-state index contributed by atoms with van der Waals surface area (Å²) in [6.45, 7) is 9.38. The number of aliphatic carboxylic acids is 1. The van der Waals surface area contributed by atoms with E-state index in [4.69, 9.17) is 4.74 Å². The number of carboxylic acid groups (broad SMARTS) is 1. The second-order valence-corrected chi connectivity index (χ2v) is 7.39. The third-order valence-corrected chi connectivity index (χ3v) is 4.17. The zero-order valence-corrected chi connectivity index (χ0v) is 15.5. The molecule has 1 aliphatic heterocycles. The lowest BCUT2D eigenvalue weighted by Gasteiger charge is -2.30. The predicted molar refractivity (Wildman–Crippen MR) is 97.1 cm³/mol. The Morgan fingerprint density at radius 1 is 1.36 bits per heavy atom. The van der Waals surface area contributed by atoms with Gasteiger partial charge < -0.3 is 20.1 Å². The third kappa shape index (κ3) is 5.37. The van der Waals surface area contributed by atoms with Gasteiger partial charge in [-0.3, -0.25) is 0 Å². The van der Waals surface area contributed by atoms with Crippen molar-refractivity contribution in [2.75, 3.05) is 18.0 Å². The average Bonchev–Trinajstić information content (AvgIpc) is 2.51. The van der Waals surface area contributed by atoms with E-state index in [1.807, 2.05) is 6.07 Å². The van der Waals surface area contributed by atoms with Crippen molar-refractivity contribution in [3.05, 3.63) is 29.3 Å². The molecule has 0 fully saturated rings. The number of nitrogens with zero attached hydrogens (tertiary/aromatic N) is 1. The number of alkyl carbamates (subject to hydrolysis) is 1. The van der Waals surface area contributed by atoms with Crippen LogP contribution in [0.15, 0.2) is 18.2 Å². The molecule has 0 aliphatic carbocycles. The molecule has 0 aromatic heterocycles. The van der Waals surface area contributed by atoms with Gasteiger partial charge in [0.25, 0.3) is 0 Å². The fraction of sp³-hybridized carbons (Fsp3) is 0.579. The Labute approximate surface area is 149 Å². The first-order valence-corrected chi connectivity index (χ1v) is 8.78. The highest BCUT2D eigenvalue weighted by Crippen LogP contribution is 2.28. The van der Waals surface area contributed by atoms with Gasteiger partial charge in [-0.25, -0.2) is 9.59 Å². The van der Waals surface area contributed by atoms with Crippen molar-refractivity contribution in [2.24, 2.45) is 0 Å². The van der Waals surface area contributed by atoms with E-state index in [9.17, 15) is 14.7 Å². The highest BCUT2D eigenvalue weighted by atomic mass is 16.6. The van der Waals surface area contributed by atoms with Crippen LogP contribution < -0.4 is 10.2 Å². The summed E-state index contributed by atoms with van der Waals surface area (Å²) in [5.41, 5.74) is 2.71. The van der Waals surface area contributed by atoms with E-state index in [1.54, 1.807) is 20.8 Å². The van der Waals surface area contributed by atoms with Crippen LogP contribution in [0, 0.1) is 0 Å². The van der Waals surface area contributed by atoms with Crippen molar-refractivity contribution in [3.8, 4) is 0 Å². The molecule has 2 N–H and O–H groups in total. The molecule has 0 bridgehead atoms. The molecule has 1 heterocycles. The quantitative estimate of drug-likeness (QED) is 0.855. The van der Waals surface area contributed by atoms with Crippen LogP contribution in [0.5, 0.6) is 0 Å². The normalized spacial score (nSPS) is 15.3. The zero-order valence-electron chi connectivity index (χ0n) is 15.5. The molecule has 138 valence electrons. The van der Waals surface area contributed by atoms with Crippen molar-refractivity contribution in [2.45, 2.75) is 58.6 Å². The van der Waals surface area contributed by atoms with Crippen molar-refractivity contribution in [1.82, 2.24) is 5.32 Å². The number of aryl methyl sites for hydroxylation is 1. The van der Waals surface area contributed by atoms with E-state index < -0.39 is 23.7 Å². The SMILES string of the molecule is CCN1CCCc2cc(CC(NC(=O)OC(C)(C)C)C(=O)O)ccc21. The number of hydrogen-bond acceptors (Lipinski definition) is 4. The smallest absolute Gasteiger partial charge is 0.408 e. The van der Waals surface area contributed by atoms with E-state index in [0.717, 1.165) is 31.5 Å². The van der Waals surface area contributed by atoms with Gasteiger partial charge in [0, 0.05) is 25.2 Å². The molecule has 0 spiro atoms. The standard InChI is InChI=1S/C19H28N2O4/c1-5-21-10-6-7-14-11-13(8-9-16(14)21)12-15(17(22)23)20-18(24)25-19(2,3)4/h8-9,11,15H,5-7,10,12H2,1-4H3,(H,20,24)(H,22,23). The van der Waals surface area contributed by atoms with E-state index in [2.05, 4.69) is 29.3 Å². The first-order valence-electron chi connectivity index (χ1n) is 8.78. The van der Waals surface area contributed by atoms with Gasteiger partial charge in [-0.1, -0.05) is 12.1 Å². The Balaban J connectivity index is 2.09. The Bertz CT molecular complexity index is 637. The van der Waals surface area contributed by atoms with Crippen LogP contribution in [0.3, 0.4) is 0 Å². The van der Waals surface area contributed by atoms with E-state index in [1.165, 1.54) is 11.3 Å². The second-order valence-electron chi connectivity index (χ2n) is 7.39. The van der Waals surface area contributed by atoms with Crippen LogP contribution in [0.2, 0.25) is 0 Å². The van der Waals surface area contributed by atoms with Crippen molar-refractivity contribution >= 4 is 17.7 Å². The molecule has 25 heavy (non-hydrogen) atoms. The first kappa shape index (κ1) is 19.1. The minimum absolute atomic E-state index is 0.230. The first-order chi connectivity index (χ1) is 11.7. The summed E-state index contributed by atoms with van der Waals surface area (Å²) in [6, 6.07) is 5.04. The van der Waals surface area contributed by atoms with Gasteiger partial charge in [-0.05, 0) is 57.7 Å². The minimum atomic E-state index is -1.07. The van der Waals surface area contributed by atoms with Crippen LogP contribution in [0.25, 0.3) is 0 Å². The molecule has 1 aliphatic rings. The molecule has 0 saturated carbocycles. The Hall–Kier alpha value is -2.24. The number of nitrogens with one attached hydrogen (secondary N) is 1. The lowest BCUT2D eigenvalue weighted by molar-refractivity contribution is -0.139. The van der Waals surface area contributed by atoms with Crippen LogP contribution in [0.1, 0.15) is 45.2 Å². The van der Waals surface area contributed by atoms with Gasteiger partial charge in [0.1, 0.15) is 11.6 Å². The lowest BCUT2D eigenvalue weighted by atomic mass is 9.96. The van der Waals surface area contributed by atoms with Gasteiger partial charge in [0.05, 0.1) is 0 Å². The van der Waals surface area contributed by atoms with Crippen LogP contribution in [-0.2, 0) is 22.4 Å². The number of carboxylic acids is 1. The number of hydrogen-bond donors (Lipinski definition) is 2. The molecule has 1 unspecified atom stereocenters. The highest BCUT2D eigenvalue weighted by Gasteiger charge is 2.25. The summed E-state index contributed by atoms with van der Waals surface area (Å²) >= 11 is 0. The molecule has 6 nitrogen and oxygen atoms in total. The maximum Gasteiger partial charge on any atom is 0.408 e. The van der Waals surface area contributed by atoms with Gasteiger partial charge in [-0.15, -0.1) is 0 Å². The molecule has 0 saturated heterocycles. The Kier molecular flexibility index (Phi) is 5.93. The number of amides is 1. The number of carbonyl (C=O) groups excluding carboxylic acids is 1. The predicted octanol–water partition coefficient (Wildman–Crippen LogP) is 2.98. The average molecular weight is 348 g/mol. The second kappa shape index (κ2) is 7.76. The van der Waals surface area contributed by atoms with Gasteiger partial charge in [-0.2, -0.15) is 0 Å². The Morgan fingerprint density at radius 3 is 2.68 bits per heavy atom. The summed E-state index contributed by atoms with van der Waals surface area (Å²) in [6.07, 6.45) is 1.61. The van der Waals surface area contributed by atoms with Gasteiger partial charge in [0.2, 0.25) is 0 Å². The molecule has 1 aromatic rings. The number of fused-ring (bicyclic) bond motifs is 1. The highest BCUT2D eigenvalue weighted by molar-refractivity contribution is 5.80. The molecule has 2 rings (SSSR count). The van der Waals surface area contributed by atoms with E-state index in [0.29, 0.717) is 0 Å². The molecule has 0 radical (unpaired) electrons. The van der Waals surface area contributed by atoms with Crippen molar-refractivity contribution in [3.63, 3.8) is 0 Å². The number of carbonyl (C=O) groups is 2. The fourth-order valence-electron chi connectivity index (χ4n) is 3.07. The fourth-order valence-corrected chi connectivity index (χ4v) is 3.07. The maximum atomic E-state index is 11.9. The largest absolute Gasteiger partial charge is 0.480 e. The number of ether oxygens (including phenoxy) is 1. The maximum absolute atomic E-state index is 11.9. The van der Waals surface area contributed by atoms with Gasteiger partial charge in [0.15, 0.2) is 0 Å². The molecule has 1 amide bonds. The number of benzene rings is 1. The van der Waals surface area contributed by atoms with Crippen LogP contribution in [-0.4, -0.2) is 41.9 Å². The van der Waals surface area contributed by atoms with Crippen molar-refractivity contribution < 1.29 is 19.4 Å². The number of rotatable bonds is 5. The van der Waals surface area contributed by atoms with Gasteiger partial charge >= 0.3 is 12.1 Å². The summed E-state index contributed by atoms with van der Waals surface area (Å²) in [5, 5.41) is 11.9. The summed E-state index contributed by atoms with van der Waals surface area (Å²) < 4.78 is 5.16. The third-order valence-electron chi connectivity index (χ3n) is 4.17. The van der Waals surface area contributed by atoms with E-state index in [-0.39, 0.29) is 6.42 Å². The molecule has 1 atom stereocenters. The lowest BCUT2D eigenvalue weighted by Crippen LogP contribution is -2.44. The van der Waals surface area contributed by atoms with Crippen molar-refractivity contribution in [1.29, 1.82) is 0 Å². The number of anilines is 1. The Morgan fingerprint density at radius 2 is 2.08 bits per heavy atom. The monoisotopic (exact) mass is 348 g/mol. The van der Waals surface area contributed by atoms with E-state index >= 15 is 0 Å².